The third-order valence-electron chi connectivity index (χ3n) is 5.95. The molecule has 0 saturated carbocycles. The highest BCUT2D eigenvalue weighted by Gasteiger charge is 2.41. The minimum atomic E-state index is -0.728. The van der Waals surface area contributed by atoms with Crippen molar-refractivity contribution in [3.05, 3.63) is 54.3 Å². The van der Waals surface area contributed by atoms with Crippen LogP contribution in [0.2, 0.25) is 0 Å². The summed E-state index contributed by atoms with van der Waals surface area (Å²) in [6.07, 6.45) is -0.103. The van der Waals surface area contributed by atoms with Gasteiger partial charge >= 0.3 is 0 Å². The van der Waals surface area contributed by atoms with Crippen molar-refractivity contribution in [2.75, 3.05) is 49.6 Å². The second-order valence-corrected chi connectivity index (χ2v) is 7.96. The first-order valence-electron chi connectivity index (χ1n) is 10.7. The Labute approximate surface area is 184 Å². The SMILES string of the molecule is O=C(CC1C(=O)N(CCN2CCOCC2)c2nc3ccccc3n21)Nc1ccccc1F. The molecule has 2 aliphatic rings. The molecule has 2 aliphatic heterocycles. The molecule has 1 saturated heterocycles. The Kier molecular flexibility index (Phi) is 5.59. The van der Waals surface area contributed by atoms with E-state index in [1.807, 2.05) is 28.8 Å². The Hall–Kier alpha value is -3.30. The number of fused-ring (bicyclic) bond motifs is 3. The lowest BCUT2D eigenvalue weighted by Gasteiger charge is -2.28. The van der Waals surface area contributed by atoms with Crippen molar-refractivity contribution < 1.29 is 18.7 Å². The summed E-state index contributed by atoms with van der Waals surface area (Å²) >= 11 is 0. The summed E-state index contributed by atoms with van der Waals surface area (Å²) in [5.41, 5.74) is 1.67. The van der Waals surface area contributed by atoms with Crippen molar-refractivity contribution in [2.24, 2.45) is 0 Å². The Morgan fingerprint density at radius 3 is 2.66 bits per heavy atom. The standard InChI is InChI=1S/C23H24FN5O3/c24-16-5-1-2-6-17(16)25-21(30)15-20-22(31)28(10-9-27-11-13-32-14-12-27)23-26-18-7-3-4-8-19(18)29(20)23/h1-8,20H,9-15H2,(H,25,30). The van der Waals surface area contributed by atoms with Crippen LogP contribution in [0.3, 0.4) is 0 Å². The van der Waals surface area contributed by atoms with Gasteiger partial charge in [-0.15, -0.1) is 0 Å². The van der Waals surface area contributed by atoms with Gasteiger partial charge in [-0.2, -0.15) is 0 Å². The predicted octanol–water partition coefficient (Wildman–Crippen LogP) is 2.42. The maximum Gasteiger partial charge on any atom is 0.253 e. The van der Waals surface area contributed by atoms with Gasteiger partial charge in [0.1, 0.15) is 11.9 Å². The van der Waals surface area contributed by atoms with Gasteiger partial charge in [-0.1, -0.05) is 24.3 Å². The average Bonchev–Trinajstić information content (AvgIpc) is 3.29. The fourth-order valence-corrected chi connectivity index (χ4v) is 4.31. The Balaban J connectivity index is 1.39. The molecule has 0 aliphatic carbocycles. The number of rotatable bonds is 6. The molecule has 8 nitrogen and oxygen atoms in total. The van der Waals surface area contributed by atoms with Crippen molar-refractivity contribution in [3.8, 4) is 0 Å². The number of halogens is 1. The van der Waals surface area contributed by atoms with E-state index in [4.69, 9.17) is 4.74 Å². The largest absolute Gasteiger partial charge is 0.379 e. The number of hydrogen-bond donors (Lipinski definition) is 1. The number of ether oxygens (including phenoxy) is 1. The molecular formula is C23H24FN5O3. The predicted molar refractivity (Wildman–Crippen MR) is 118 cm³/mol. The third kappa shape index (κ3) is 3.85. The fraction of sp³-hybridized carbons (Fsp3) is 0.348. The summed E-state index contributed by atoms with van der Waals surface area (Å²) in [6.45, 7) is 4.20. The molecule has 0 spiro atoms. The first kappa shape index (κ1) is 20.6. The lowest BCUT2D eigenvalue weighted by molar-refractivity contribution is -0.124. The molecule has 9 heteroatoms. The second kappa shape index (κ2) is 8.68. The molecule has 32 heavy (non-hydrogen) atoms. The normalized spacial score (nSPS) is 18.8. The van der Waals surface area contributed by atoms with Gasteiger partial charge in [-0.3, -0.25) is 24.0 Å². The van der Waals surface area contributed by atoms with E-state index < -0.39 is 17.8 Å². The van der Waals surface area contributed by atoms with E-state index in [2.05, 4.69) is 15.2 Å². The number of carbonyl (C=O) groups is 2. The molecule has 2 aromatic carbocycles. The summed E-state index contributed by atoms with van der Waals surface area (Å²) in [4.78, 5) is 34.7. The van der Waals surface area contributed by atoms with Gasteiger partial charge in [0.25, 0.3) is 5.91 Å². The van der Waals surface area contributed by atoms with Gasteiger partial charge in [0.05, 0.1) is 36.4 Å². The summed E-state index contributed by atoms with van der Waals surface area (Å²) in [5, 5.41) is 2.59. The van der Waals surface area contributed by atoms with Crippen LogP contribution in [0, 0.1) is 5.82 Å². The topological polar surface area (TPSA) is 79.7 Å². The number of para-hydroxylation sites is 3. The zero-order valence-electron chi connectivity index (χ0n) is 17.5. The molecule has 5 rings (SSSR count). The Bertz CT molecular complexity index is 1160. The molecular weight excluding hydrogens is 413 g/mol. The van der Waals surface area contributed by atoms with Gasteiger partial charge in [0, 0.05) is 26.2 Å². The van der Waals surface area contributed by atoms with Crippen LogP contribution < -0.4 is 10.2 Å². The van der Waals surface area contributed by atoms with E-state index in [0.29, 0.717) is 32.3 Å². The molecule has 1 unspecified atom stereocenters. The van der Waals surface area contributed by atoms with Crippen LogP contribution in [0.1, 0.15) is 12.5 Å². The molecule has 1 aromatic heterocycles. The number of carbonyl (C=O) groups excluding carboxylic acids is 2. The fourth-order valence-electron chi connectivity index (χ4n) is 4.31. The zero-order valence-corrected chi connectivity index (χ0v) is 17.5. The second-order valence-electron chi connectivity index (χ2n) is 7.96. The van der Waals surface area contributed by atoms with E-state index in [-0.39, 0.29) is 18.0 Å². The smallest absolute Gasteiger partial charge is 0.253 e. The molecule has 1 atom stereocenters. The quantitative estimate of drug-likeness (QED) is 0.641. The van der Waals surface area contributed by atoms with Crippen LogP contribution in [-0.2, 0) is 14.3 Å². The van der Waals surface area contributed by atoms with Crippen LogP contribution in [-0.4, -0.2) is 65.7 Å². The molecule has 0 radical (unpaired) electrons. The molecule has 0 bridgehead atoms. The number of benzene rings is 2. The van der Waals surface area contributed by atoms with Crippen molar-refractivity contribution >= 4 is 34.5 Å². The Morgan fingerprint density at radius 1 is 1.09 bits per heavy atom. The van der Waals surface area contributed by atoms with E-state index in [1.165, 1.54) is 12.1 Å². The highest BCUT2D eigenvalue weighted by atomic mass is 19.1. The molecule has 3 heterocycles. The number of morpholine rings is 1. The number of nitrogens with zero attached hydrogens (tertiary/aromatic N) is 4. The number of imidazole rings is 1. The van der Waals surface area contributed by atoms with Crippen molar-refractivity contribution in [1.82, 2.24) is 14.5 Å². The first-order chi connectivity index (χ1) is 15.6. The molecule has 3 aromatic rings. The minimum Gasteiger partial charge on any atom is -0.379 e. The molecule has 2 amide bonds. The molecule has 166 valence electrons. The van der Waals surface area contributed by atoms with Gasteiger partial charge in [0.15, 0.2) is 0 Å². The van der Waals surface area contributed by atoms with Crippen LogP contribution in [0.4, 0.5) is 16.0 Å². The molecule has 1 fully saturated rings. The van der Waals surface area contributed by atoms with Crippen molar-refractivity contribution in [2.45, 2.75) is 12.5 Å². The maximum atomic E-state index is 14.0. The van der Waals surface area contributed by atoms with Gasteiger partial charge < -0.3 is 10.1 Å². The summed E-state index contributed by atoms with van der Waals surface area (Å²) in [7, 11) is 0. The maximum absolute atomic E-state index is 14.0. The Morgan fingerprint density at radius 2 is 1.84 bits per heavy atom. The molecule has 1 N–H and O–H groups in total. The third-order valence-corrected chi connectivity index (χ3v) is 5.95. The zero-order chi connectivity index (χ0) is 22.1. The number of amides is 2. The van der Waals surface area contributed by atoms with Crippen LogP contribution in [0.5, 0.6) is 0 Å². The van der Waals surface area contributed by atoms with Crippen LogP contribution in [0.25, 0.3) is 11.0 Å². The lowest BCUT2D eigenvalue weighted by atomic mass is 10.1. The van der Waals surface area contributed by atoms with Crippen LogP contribution >= 0.6 is 0 Å². The number of nitrogens with one attached hydrogen (secondary N) is 1. The number of anilines is 2. The van der Waals surface area contributed by atoms with Crippen molar-refractivity contribution in [1.29, 1.82) is 0 Å². The highest BCUT2D eigenvalue weighted by molar-refractivity contribution is 6.05. The van der Waals surface area contributed by atoms with E-state index >= 15 is 0 Å². The van der Waals surface area contributed by atoms with E-state index in [0.717, 1.165) is 24.1 Å². The number of aromatic nitrogens is 2. The van der Waals surface area contributed by atoms with Gasteiger partial charge in [-0.25, -0.2) is 9.37 Å². The van der Waals surface area contributed by atoms with Gasteiger partial charge in [0.2, 0.25) is 11.9 Å². The van der Waals surface area contributed by atoms with Gasteiger partial charge in [-0.05, 0) is 24.3 Å². The highest BCUT2D eigenvalue weighted by Crippen LogP contribution is 2.36. The monoisotopic (exact) mass is 437 g/mol. The minimum absolute atomic E-state index is 0.0998. The van der Waals surface area contributed by atoms with Crippen LogP contribution in [0.15, 0.2) is 48.5 Å². The van der Waals surface area contributed by atoms with E-state index in [9.17, 15) is 14.0 Å². The first-order valence-corrected chi connectivity index (χ1v) is 10.7. The lowest BCUT2D eigenvalue weighted by Crippen LogP contribution is -2.42. The van der Waals surface area contributed by atoms with E-state index in [1.54, 1.807) is 17.0 Å². The number of hydrogen-bond acceptors (Lipinski definition) is 5. The summed E-state index contributed by atoms with van der Waals surface area (Å²) < 4.78 is 21.2. The van der Waals surface area contributed by atoms with Crippen molar-refractivity contribution in [3.63, 3.8) is 0 Å². The summed E-state index contributed by atoms with van der Waals surface area (Å²) in [6, 6.07) is 12.8. The summed E-state index contributed by atoms with van der Waals surface area (Å²) in [5.74, 6) is -0.560. The average molecular weight is 437 g/mol.